The minimum absolute atomic E-state index is 0.0998. The van der Waals surface area contributed by atoms with E-state index in [2.05, 4.69) is 0 Å². The molecule has 5 rings (SSSR count). The number of ether oxygens (including phenoxy) is 1. The fourth-order valence-electron chi connectivity index (χ4n) is 4.44. The molecule has 33 heavy (non-hydrogen) atoms. The molecule has 0 radical (unpaired) electrons. The summed E-state index contributed by atoms with van der Waals surface area (Å²) in [5.74, 6) is 0.0319. The van der Waals surface area contributed by atoms with Gasteiger partial charge in [-0.1, -0.05) is 30.3 Å². The van der Waals surface area contributed by atoms with Gasteiger partial charge < -0.3 is 19.6 Å². The van der Waals surface area contributed by atoms with Crippen molar-refractivity contribution < 1.29 is 23.1 Å². The highest BCUT2D eigenvalue weighted by Crippen LogP contribution is 2.36. The smallest absolute Gasteiger partial charge is 0.243 e. The molecule has 1 N–H and O–H groups in total. The van der Waals surface area contributed by atoms with E-state index < -0.39 is 15.9 Å². The molecule has 2 aromatic carbocycles. The van der Waals surface area contributed by atoms with Gasteiger partial charge in [0.1, 0.15) is 12.4 Å². The molecule has 2 saturated heterocycles. The number of nitrogens with zero attached hydrogens (tertiary/aromatic N) is 3. The van der Waals surface area contributed by atoms with Crippen LogP contribution in [0.1, 0.15) is 11.5 Å². The van der Waals surface area contributed by atoms with Crippen molar-refractivity contribution in [2.24, 2.45) is 0 Å². The summed E-state index contributed by atoms with van der Waals surface area (Å²) < 4.78 is 33.3. The normalized spacial score (nSPS) is 19.3. The molecule has 2 fully saturated rings. The van der Waals surface area contributed by atoms with Crippen LogP contribution in [-0.2, 0) is 14.8 Å². The monoisotopic (exact) mass is 469 g/mol. The lowest BCUT2D eigenvalue weighted by Gasteiger charge is -2.42. The van der Waals surface area contributed by atoms with Crippen LogP contribution in [0.2, 0.25) is 0 Å². The first-order chi connectivity index (χ1) is 15.9. The van der Waals surface area contributed by atoms with Crippen LogP contribution >= 0.6 is 0 Å². The lowest BCUT2D eigenvalue weighted by Crippen LogP contribution is -2.52. The van der Waals surface area contributed by atoms with Crippen molar-refractivity contribution in [2.75, 3.05) is 57.9 Å². The Morgan fingerprint density at radius 1 is 1.06 bits per heavy atom. The van der Waals surface area contributed by atoms with Gasteiger partial charge in [-0.3, -0.25) is 4.79 Å². The number of likely N-dealkylation sites (N-methyl/N-ethyl adjacent to an activating group) is 1. The minimum atomic E-state index is -3.59. The number of hydrogen-bond donors (Lipinski definition) is 1. The molecule has 1 amide bonds. The molecule has 0 aromatic heterocycles. The number of carbonyl (C=O) groups excluding carboxylic acids is 1. The average molecular weight is 470 g/mol. The maximum atomic E-state index is 13.1. The van der Waals surface area contributed by atoms with Crippen molar-refractivity contribution in [1.82, 2.24) is 9.21 Å². The number of rotatable bonds is 5. The molecule has 3 aliphatic heterocycles. The van der Waals surface area contributed by atoms with Crippen molar-refractivity contribution >= 4 is 21.6 Å². The topological polar surface area (TPSA) is 90.4 Å². The van der Waals surface area contributed by atoms with E-state index in [1.54, 1.807) is 23.1 Å². The molecule has 9 heteroatoms. The number of aliphatic hydroxyl groups excluding tert-OH is 1. The molecule has 8 nitrogen and oxygen atoms in total. The first kappa shape index (κ1) is 21.9. The van der Waals surface area contributed by atoms with Gasteiger partial charge in [0, 0.05) is 33.2 Å². The lowest BCUT2D eigenvalue weighted by atomic mass is 9.92. The van der Waals surface area contributed by atoms with Gasteiger partial charge in [0.25, 0.3) is 0 Å². The maximum Gasteiger partial charge on any atom is 0.243 e. The zero-order valence-corrected chi connectivity index (χ0v) is 19.3. The van der Waals surface area contributed by atoms with Gasteiger partial charge in [-0.05, 0) is 34.9 Å². The van der Waals surface area contributed by atoms with Crippen molar-refractivity contribution in [1.29, 1.82) is 0 Å². The summed E-state index contributed by atoms with van der Waals surface area (Å²) in [5.41, 5.74) is 3.76. The fourth-order valence-corrected chi connectivity index (χ4v) is 5.89. The Morgan fingerprint density at radius 2 is 1.76 bits per heavy atom. The van der Waals surface area contributed by atoms with Crippen LogP contribution in [0.25, 0.3) is 0 Å². The van der Waals surface area contributed by atoms with Crippen LogP contribution in [0.5, 0.6) is 5.75 Å². The lowest BCUT2D eigenvalue weighted by molar-refractivity contribution is -0.135. The van der Waals surface area contributed by atoms with Gasteiger partial charge in [-0.2, -0.15) is 4.31 Å². The fraction of sp³-hybridized carbons (Fsp3) is 0.375. The Hall–Kier alpha value is -2.88. The van der Waals surface area contributed by atoms with E-state index in [1.807, 2.05) is 42.3 Å². The molecule has 0 unspecified atom stereocenters. The Morgan fingerprint density at radius 3 is 2.45 bits per heavy atom. The molecular formula is C24H27N3O5S. The van der Waals surface area contributed by atoms with Crippen LogP contribution in [0.15, 0.2) is 64.6 Å². The summed E-state index contributed by atoms with van der Waals surface area (Å²) in [5, 5.41) is 9.73. The second kappa shape index (κ2) is 8.48. The number of anilines is 1. The van der Waals surface area contributed by atoms with E-state index in [4.69, 9.17) is 4.74 Å². The van der Waals surface area contributed by atoms with Crippen LogP contribution in [-0.4, -0.2) is 81.6 Å². The summed E-state index contributed by atoms with van der Waals surface area (Å²) >= 11 is 0. The predicted molar refractivity (Wildman–Crippen MR) is 124 cm³/mol. The number of sulfonamides is 1. The SMILES string of the molecule is CN1CCOc2ccc(S(=O)(=O)N3CC(=C4CN(C(=O)[C@H](CO)c5ccccc5)C4)C3)cc21. The van der Waals surface area contributed by atoms with Crippen molar-refractivity contribution in [3.63, 3.8) is 0 Å². The number of benzene rings is 2. The summed E-state index contributed by atoms with van der Waals surface area (Å²) in [7, 11) is -1.67. The van der Waals surface area contributed by atoms with Gasteiger partial charge >= 0.3 is 0 Å². The molecular weight excluding hydrogens is 442 g/mol. The second-order valence-corrected chi connectivity index (χ2v) is 10.7. The van der Waals surface area contributed by atoms with E-state index in [1.165, 1.54) is 4.31 Å². The quantitative estimate of drug-likeness (QED) is 0.667. The number of fused-ring (bicyclic) bond motifs is 1. The molecule has 0 saturated carbocycles. The summed E-state index contributed by atoms with van der Waals surface area (Å²) in [6, 6.07) is 14.3. The standard InChI is InChI=1S/C24H27N3O5S/c1-25-9-10-32-23-8-7-20(11-22(23)25)33(30,31)27-14-19(15-27)18-12-26(13-18)24(29)21(16-28)17-5-3-2-4-6-17/h2-8,11,21,28H,9-10,12-16H2,1H3/t21-/m1/s1. The molecule has 0 bridgehead atoms. The van der Waals surface area contributed by atoms with Gasteiger partial charge in [0.15, 0.2) is 0 Å². The Labute approximate surface area is 193 Å². The third kappa shape index (κ3) is 3.90. The molecule has 0 aliphatic carbocycles. The molecule has 2 aromatic rings. The van der Waals surface area contributed by atoms with Gasteiger partial charge in [0.2, 0.25) is 15.9 Å². The first-order valence-corrected chi connectivity index (χ1v) is 12.4. The van der Waals surface area contributed by atoms with Crippen molar-refractivity contribution in [3.05, 3.63) is 65.2 Å². The molecule has 3 heterocycles. The largest absolute Gasteiger partial charge is 0.490 e. The molecule has 1 atom stereocenters. The van der Waals surface area contributed by atoms with Gasteiger partial charge in [-0.15, -0.1) is 0 Å². The number of amides is 1. The van der Waals surface area contributed by atoms with Crippen LogP contribution in [0.4, 0.5) is 5.69 Å². The zero-order chi connectivity index (χ0) is 23.2. The summed E-state index contributed by atoms with van der Waals surface area (Å²) in [4.78, 5) is 16.8. The third-order valence-electron chi connectivity index (χ3n) is 6.66. The van der Waals surface area contributed by atoms with E-state index in [9.17, 15) is 18.3 Å². The number of carbonyl (C=O) groups is 1. The molecule has 174 valence electrons. The third-order valence-corrected chi connectivity index (χ3v) is 8.44. The van der Waals surface area contributed by atoms with Crippen LogP contribution in [0, 0.1) is 0 Å². The van der Waals surface area contributed by atoms with E-state index in [0.717, 1.165) is 22.4 Å². The highest BCUT2D eigenvalue weighted by Gasteiger charge is 2.39. The van der Waals surface area contributed by atoms with Gasteiger partial charge in [0.05, 0.1) is 29.7 Å². The number of aliphatic hydroxyl groups is 1. The van der Waals surface area contributed by atoms with Crippen LogP contribution in [0.3, 0.4) is 0 Å². The number of likely N-dealkylation sites (tertiary alicyclic amines) is 1. The van der Waals surface area contributed by atoms with E-state index in [0.29, 0.717) is 45.1 Å². The van der Waals surface area contributed by atoms with Crippen LogP contribution < -0.4 is 9.64 Å². The number of hydrogen-bond acceptors (Lipinski definition) is 6. The zero-order valence-electron chi connectivity index (χ0n) is 18.5. The maximum absolute atomic E-state index is 13.1. The first-order valence-electron chi connectivity index (χ1n) is 11.0. The Kier molecular flexibility index (Phi) is 5.64. The predicted octanol–water partition coefficient (Wildman–Crippen LogP) is 1.43. The van der Waals surface area contributed by atoms with Crippen molar-refractivity contribution in [3.8, 4) is 5.75 Å². The highest BCUT2D eigenvalue weighted by molar-refractivity contribution is 7.89. The Balaban J connectivity index is 1.22. The minimum Gasteiger partial charge on any atom is -0.490 e. The molecule has 0 spiro atoms. The molecule has 3 aliphatic rings. The Bertz CT molecular complexity index is 1200. The summed E-state index contributed by atoms with van der Waals surface area (Å²) in [6.07, 6.45) is 0. The highest BCUT2D eigenvalue weighted by atomic mass is 32.2. The van der Waals surface area contributed by atoms with E-state index in [-0.39, 0.29) is 17.4 Å². The second-order valence-electron chi connectivity index (χ2n) is 8.72. The van der Waals surface area contributed by atoms with E-state index >= 15 is 0 Å². The summed E-state index contributed by atoms with van der Waals surface area (Å²) in [6.45, 7) is 2.75. The average Bonchev–Trinajstić information content (AvgIpc) is 2.75. The van der Waals surface area contributed by atoms with Crippen molar-refractivity contribution in [2.45, 2.75) is 10.8 Å². The van der Waals surface area contributed by atoms with Gasteiger partial charge in [-0.25, -0.2) is 8.42 Å².